The third-order valence-electron chi connectivity index (χ3n) is 2.30. The molecule has 0 fully saturated rings. The fourth-order valence-electron chi connectivity index (χ4n) is 1.24. The number of primary amides is 1. The summed E-state index contributed by atoms with van der Waals surface area (Å²) in [6, 6.07) is 3.95. The molecule has 1 amide bonds. The lowest BCUT2D eigenvalue weighted by molar-refractivity contribution is -0.168. The average Bonchev–Trinajstić information content (AvgIpc) is 2.30. The second kappa shape index (κ2) is 5.87. The summed E-state index contributed by atoms with van der Waals surface area (Å²) in [7, 11) is 0. The molecule has 0 saturated heterocycles. The van der Waals surface area contributed by atoms with Crippen LogP contribution in [0.15, 0.2) is 18.2 Å². The summed E-state index contributed by atoms with van der Waals surface area (Å²) < 4.78 is 53.3. The number of nitrogens with two attached hydrogens (primary N) is 2. The molecule has 4 nitrogen and oxygen atoms in total. The Kier molecular flexibility index (Phi) is 4.71. The largest absolute Gasteiger partial charge is 0.398 e. The Morgan fingerprint density at radius 3 is 2.47 bits per heavy atom. The molecule has 0 unspecified atom stereocenters. The van der Waals surface area contributed by atoms with E-state index in [1.54, 1.807) is 0 Å². The number of rotatable bonds is 6. The zero-order chi connectivity index (χ0) is 14.6. The van der Waals surface area contributed by atoms with Gasteiger partial charge in [0, 0.05) is 16.8 Å². The van der Waals surface area contributed by atoms with Gasteiger partial charge in [0.05, 0.1) is 6.61 Å². The number of carbonyl (C=O) groups excluding carboxylic acids is 1. The van der Waals surface area contributed by atoms with Crippen LogP contribution in [-0.4, -0.2) is 24.9 Å². The fraction of sp³-hybridized carbons (Fsp3) is 0.364. The van der Waals surface area contributed by atoms with Gasteiger partial charge in [-0.05, 0) is 12.1 Å². The van der Waals surface area contributed by atoms with Crippen LogP contribution in [0, 0.1) is 0 Å². The van der Waals surface area contributed by atoms with E-state index in [1.165, 1.54) is 18.2 Å². The van der Waals surface area contributed by atoms with Gasteiger partial charge in [-0.2, -0.15) is 8.78 Å². The Balaban J connectivity index is 2.62. The number of alkyl halides is 4. The van der Waals surface area contributed by atoms with E-state index in [9.17, 15) is 22.4 Å². The standard InChI is InChI=1S/C11H12F4N2O2/c12-10(13)11(14,15)5-19-4-7-2-1-6(9(17)18)3-8(7)16/h1-3,10H,4-5,16H2,(H2,17,18). The van der Waals surface area contributed by atoms with Crippen LogP contribution in [0.5, 0.6) is 0 Å². The van der Waals surface area contributed by atoms with Crippen LogP contribution >= 0.6 is 0 Å². The highest BCUT2D eigenvalue weighted by Gasteiger charge is 2.40. The third-order valence-corrected chi connectivity index (χ3v) is 2.30. The Hall–Kier alpha value is -1.83. The van der Waals surface area contributed by atoms with Gasteiger partial charge in [0.1, 0.15) is 6.61 Å². The molecule has 19 heavy (non-hydrogen) atoms. The summed E-state index contributed by atoms with van der Waals surface area (Å²) in [4.78, 5) is 10.8. The molecular formula is C11H12F4N2O2. The highest BCUT2D eigenvalue weighted by molar-refractivity contribution is 5.93. The number of carbonyl (C=O) groups is 1. The van der Waals surface area contributed by atoms with Crippen molar-refractivity contribution in [1.29, 1.82) is 0 Å². The molecule has 0 aromatic heterocycles. The Morgan fingerprint density at radius 1 is 1.37 bits per heavy atom. The monoisotopic (exact) mass is 280 g/mol. The summed E-state index contributed by atoms with van der Waals surface area (Å²) in [5, 5.41) is 0. The molecule has 0 radical (unpaired) electrons. The zero-order valence-electron chi connectivity index (χ0n) is 9.71. The minimum atomic E-state index is -4.21. The van der Waals surface area contributed by atoms with Crippen molar-refractivity contribution in [2.45, 2.75) is 19.0 Å². The lowest BCUT2D eigenvalue weighted by Gasteiger charge is -2.15. The van der Waals surface area contributed by atoms with Gasteiger partial charge in [-0.25, -0.2) is 8.78 Å². The van der Waals surface area contributed by atoms with E-state index in [-0.39, 0.29) is 17.9 Å². The number of ether oxygens (including phenoxy) is 1. The maximum Gasteiger partial charge on any atom is 0.330 e. The number of benzene rings is 1. The lowest BCUT2D eigenvalue weighted by atomic mass is 10.1. The van der Waals surface area contributed by atoms with Crippen molar-refractivity contribution < 1.29 is 27.1 Å². The van der Waals surface area contributed by atoms with Crippen LogP contribution in [-0.2, 0) is 11.3 Å². The van der Waals surface area contributed by atoms with Crippen LogP contribution < -0.4 is 11.5 Å². The molecule has 0 bridgehead atoms. The summed E-state index contributed by atoms with van der Waals surface area (Å²) in [5.74, 6) is -4.90. The van der Waals surface area contributed by atoms with Crippen molar-refractivity contribution in [2.75, 3.05) is 12.3 Å². The van der Waals surface area contributed by atoms with Gasteiger partial charge in [-0.3, -0.25) is 4.79 Å². The van der Waals surface area contributed by atoms with Gasteiger partial charge in [-0.15, -0.1) is 0 Å². The van der Waals surface area contributed by atoms with Crippen LogP contribution in [0.3, 0.4) is 0 Å². The van der Waals surface area contributed by atoms with Gasteiger partial charge >= 0.3 is 12.3 Å². The summed E-state index contributed by atoms with van der Waals surface area (Å²) in [6.45, 7) is -1.78. The van der Waals surface area contributed by atoms with Gasteiger partial charge < -0.3 is 16.2 Å². The van der Waals surface area contributed by atoms with Crippen molar-refractivity contribution in [1.82, 2.24) is 0 Å². The first-order valence-corrected chi connectivity index (χ1v) is 5.16. The molecule has 0 aliphatic carbocycles. The highest BCUT2D eigenvalue weighted by atomic mass is 19.3. The van der Waals surface area contributed by atoms with E-state index in [0.717, 1.165) is 0 Å². The molecular weight excluding hydrogens is 268 g/mol. The smallest absolute Gasteiger partial charge is 0.330 e. The van der Waals surface area contributed by atoms with Gasteiger partial charge in [0.15, 0.2) is 0 Å². The zero-order valence-corrected chi connectivity index (χ0v) is 9.71. The van der Waals surface area contributed by atoms with E-state index < -0.39 is 24.9 Å². The molecule has 0 saturated carbocycles. The first-order valence-electron chi connectivity index (χ1n) is 5.16. The average molecular weight is 280 g/mol. The fourth-order valence-corrected chi connectivity index (χ4v) is 1.24. The molecule has 0 aliphatic heterocycles. The molecule has 4 N–H and O–H groups in total. The maximum absolute atomic E-state index is 12.6. The predicted molar refractivity (Wildman–Crippen MR) is 60.0 cm³/mol. The van der Waals surface area contributed by atoms with Crippen molar-refractivity contribution in [2.24, 2.45) is 5.73 Å². The van der Waals surface area contributed by atoms with Gasteiger partial charge in [0.25, 0.3) is 0 Å². The highest BCUT2D eigenvalue weighted by Crippen LogP contribution is 2.24. The van der Waals surface area contributed by atoms with E-state index >= 15 is 0 Å². The number of hydrogen-bond donors (Lipinski definition) is 2. The van der Waals surface area contributed by atoms with E-state index in [1.807, 2.05) is 0 Å². The van der Waals surface area contributed by atoms with Crippen LogP contribution in [0.25, 0.3) is 0 Å². The van der Waals surface area contributed by atoms with Crippen LogP contribution in [0.1, 0.15) is 15.9 Å². The number of hydrogen-bond acceptors (Lipinski definition) is 3. The molecule has 106 valence electrons. The molecule has 0 spiro atoms. The Labute approximate surface area is 106 Å². The number of nitrogen functional groups attached to an aromatic ring is 1. The van der Waals surface area contributed by atoms with Gasteiger partial charge in [0.2, 0.25) is 5.91 Å². The summed E-state index contributed by atoms with van der Waals surface area (Å²) in [5.41, 5.74) is 11.1. The Bertz CT molecular complexity index is 466. The Morgan fingerprint density at radius 2 is 2.00 bits per heavy atom. The quantitative estimate of drug-likeness (QED) is 0.616. The van der Waals surface area contributed by atoms with Crippen LogP contribution in [0.2, 0.25) is 0 Å². The van der Waals surface area contributed by atoms with E-state index in [2.05, 4.69) is 4.74 Å². The summed E-state index contributed by atoms with van der Waals surface area (Å²) >= 11 is 0. The van der Waals surface area contributed by atoms with E-state index in [0.29, 0.717) is 5.56 Å². The molecule has 8 heteroatoms. The minimum Gasteiger partial charge on any atom is -0.398 e. The molecule has 0 heterocycles. The molecule has 1 aromatic rings. The molecule has 1 rings (SSSR count). The number of anilines is 1. The number of amides is 1. The SMILES string of the molecule is NC(=O)c1ccc(COCC(F)(F)C(F)F)c(N)c1. The normalized spacial score (nSPS) is 11.8. The van der Waals surface area contributed by atoms with E-state index in [4.69, 9.17) is 11.5 Å². The second-order valence-corrected chi connectivity index (χ2v) is 3.83. The first-order chi connectivity index (χ1) is 8.74. The van der Waals surface area contributed by atoms with Crippen molar-refractivity contribution in [3.05, 3.63) is 29.3 Å². The van der Waals surface area contributed by atoms with Crippen molar-refractivity contribution >= 4 is 11.6 Å². The molecule has 0 aliphatic rings. The van der Waals surface area contributed by atoms with Crippen molar-refractivity contribution in [3.63, 3.8) is 0 Å². The molecule has 1 aromatic carbocycles. The summed E-state index contributed by atoms with van der Waals surface area (Å²) in [6.07, 6.45) is -3.79. The maximum atomic E-state index is 12.6. The number of halogens is 4. The predicted octanol–water partition coefficient (Wildman–Crippen LogP) is 1.78. The minimum absolute atomic E-state index is 0.108. The lowest BCUT2D eigenvalue weighted by Crippen LogP contribution is -2.32. The molecule has 0 atom stereocenters. The first kappa shape index (κ1) is 15.2. The van der Waals surface area contributed by atoms with Gasteiger partial charge in [-0.1, -0.05) is 6.07 Å². The second-order valence-electron chi connectivity index (χ2n) is 3.83. The van der Waals surface area contributed by atoms with Crippen LogP contribution in [0.4, 0.5) is 23.2 Å². The third kappa shape index (κ3) is 4.09. The topological polar surface area (TPSA) is 78.3 Å². The van der Waals surface area contributed by atoms with Crippen molar-refractivity contribution in [3.8, 4) is 0 Å².